The second kappa shape index (κ2) is 2.60. The Morgan fingerprint density at radius 2 is 1.90 bits per heavy atom. The molecule has 2 fully saturated rings. The molecule has 2 heterocycles. The van der Waals surface area contributed by atoms with Crippen molar-refractivity contribution in [2.75, 3.05) is 13.2 Å². The number of rotatable bonds is 0. The van der Waals surface area contributed by atoms with Crippen LogP contribution in [0.15, 0.2) is 0 Å². The van der Waals surface area contributed by atoms with Crippen LogP contribution >= 0.6 is 22.6 Å². The number of halogens is 1. The van der Waals surface area contributed by atoms with Gasteiger partial charge in [-0.05, 0) is 0 Å². The normalized spacial score (nSPS) is 53.4. The van der Waals surface area contributed by atoms with Crippen LogP contribution in [0.2, 0.25) is 0 Å². The molecule has 58 valence electrons. The molecule has 0 amide bonds. The summed E-state index contributed by atoms with van der Waals surface area (Å²) in [7, 11) is 0. The minimum absolute atomic E-state index is 0.385. The molecule has 3 heteroatoms. The zero-order chi connectivity index (χ0) is 7.14. The second-order valence-corrected chi connectivity index (χ2v) is 4.69. The topological polar surface area (TPSA) is 18.5 Å². The van der Waals surface area contributed by atoms with E-state index in [1.54, 1.807) is 0 Å². The maximum absolute atomic E-state index is 5.57. The quantitative estimate of drug-likeness (QED) is 0.478. The van der Waals surface area contributed by atoms with Crippen molar-refractivity contribution in [1.82, 2.24) is 0 Å². The Hall–Kier alpha value is 0.650. The standard InChI is InChI=1S/C7H11IO2/c1-4-2-9-7-5(8)3-10-6(4)7/h4-7H,2-3H2,1H3/t4-,5?,6-,7-/m1/s1. The molecule has 2 aliphatic heterocycles. The fourth-order valence-corrected chi connectivity index (χ4v) is 2.47. The molecule has 10 heavy (non-hydrogen) atoms. The number of hydrogen-bond acceptors (Lipinski definition) is 2. The minimum Gasteiger partial charge on any atom is -0.374 e. The third-order valence-corrected chi connectivity index (χ3v) is 3.31. The van der Waals surface area contributed by atoms with Gasteiger partial charge >= 0.3 is 0 Å². The Bertz CT molecular complexity index is 124. The highest BCUT2D eigenvalue weighted by atomic mass is 127. The lowest BCUT2D eigenvalue weighted by Gasteiger charge is -2.10. The first-order valence-corrected chi connectivity index (χ1v) is 4.91. The van der Waals surface area contributed by atoms with Gasteiger partial charge in [0.2, 0.25) is 0 Å². The van der Waals surface area contributed by atoms with Gasteiger partial charge in [-0.15, -0.1) is 0 Å². The van der Waals surface area contributed by atoms with E-state index in [9.17, 15) is 0 Å². The lowest BCUT2D eigenvalue weighted by atomic mass is 10.1. The predicted molar refractivity (Wildman–Crippen MR) is 46.5 cm³/mol. The Morgan fingerprint density at radius 3 is 2.60 bits per heavy atom. The first-order chi connectivity index (χ1) is 4.79. The summed E-state index contributed by atoms with van der Waals surface area (Å²) in [5, 5.41) is 0. The molecule has 2 saturated heterocycles. The summed E-state index contributed by atoms with van der Waals surface area (Å²) < 4.78 is 11.7. The van der Waals surface area contributed by atoms with E-state index in [0.717, 1.165) is 13.2 Å². The van der Waals surface area contributed by atoms with Crippen molar-refractivity contribution in [3.05, 3.63) is 0 Å². The van der Waals surface area contributed by atoms with Crippen LogP contribution in [0.25, 0.3) is 0 Å². The maximum atomic E-state index is 5.57. The maximum Gasteiger partial charge on any atom is 0.0979 e. The third-order valence-electron chi connectivity index (χ3n) is 2.24. The van der Waals surface area contributed by atoms with E-state index in [2.05, 4.69) is 29.5 Å². The molecule has 0 bridgehead atoms. The molecule has 0 saturated carbocycles. The third kappa shape index (κ3) is 0.987. The minimum atomic E-state index is 0.385. The zero-order valence-electron chi connectivity index (χ0n) is 5.92. The van der Waals surface area contributed by atoms with Crippen molar-refractivity contribution < 1.29 is 9.47 Å². The van der Waals surface area contributed by atoms with Crippen molar-refractivity contribution in [3.8, 4) is 0 Å². The molecular weight excluding hydrogens is 243 g/mol. The average molecular weight is 254 g/mol. The second-order valence-electron chi connectivity index (χ2n) is 3.09. The molecule has 2 nitrogen and oxygen atoms in total. The van der Waals surface area contributed by atoms with Gasteiger partial charge in [-0.3, -0.25) is 0 Å². The molecule has 0 aliphatic carbocycles. The van der Waals surface area contributed by atoms with Crippen molar-refractivity contribution in [2.45, 2.75) is 23.1 Å². The van der Waals surface area contributed by atoms with E-state index in [1.165, 1.54) is 0 Å². The number of alkyl halides is 1. The van der Waals surface area contributed by atoms with Crippen LogP contribution in [0.1, 0.15) is 6.92 Å². The van der Waals surface area contributed by atoms with Crippen molar-refractivity contribution in [2.24, 2.45) is 5.92 Å². The Balaban J connectivity index is 2.09. The average Bonchev–Trinajstić information content (AvgIpc) is 2.41. The SMILES string of the molecule is C[C@@H]1CO[C@@H]2C(I)CO[C@H]12. The van der Waals surface area contributed by atoms with Crippen LogP contribution in [0.3, 0.4) is 0 Å². The van der Waals surface area contributed by atoms with Crippen LogP contribution < -0.4 is 0 Å². The van der Waals surface area contributed by atoms with E-state index in [4.69, 9.17) is 9.47 Å². The summed E-state index contributed by atoms with van der Waals surface area (Å²) in [5.74, 6) is 0.602. The van der Waals surface area contributed by atoms with Crippen molar-refractivity contribution in [3.63, 3.8) is 0 Å². The summed E-state index contributed by atoms with van der Waals surface area (Å²) in [6.07, 6.45) is 0.775. The van der Waals surface area contributed by atoms with Gasteiger partial charge in [0.15, 0.2) is 0 Å². The molecule has 0 N–H and O–H groups in total. The van der Waals surface area contributed by atoms with Gasteiger partial charge in [0.05, 0.1) is 29.3 Å². The summed E-state index contributed by atoms with van der Waals surface area (Å²) in [5.41, 5.74) is 0. The number of fused-ring (bicyclic) bond motifs is 1. The summed E-state index contributed by atoms with van der Waals surface area (Å²) in [4.78, 5) is 0. The summed E-state index contributed by atoms with van der Waals surface area (Å²) >= 11 is 2.41. The van der Waals surface area contributed by atoms with Gasteiger partial charge in [0, 0.05) is 5.92 Å². The molecule has 0 spiro atoms. The molecule has 2 aliphatic rings. The highest BCUT2D eigenvalue weighted by molar-refractivity contribution is 14.1. The van der Waals surface area contributed by atoms with Gasteiger partial charge in [-0.25, -0.2) is 0 Å². The molecule has 1 unspecified atom stereocenters. The monoisotopic (exact) mass is 254 g/mol. The largest absolute Gasteiger partial charge is 0.374 e. The van der Waals surface area contributed by atoms with E-state index in [-0.39, 0.29) is 0 Å². The Morgan fingerprint density at radius 1 is 1.20 bits per heavy atom. The molecule has 0 aromatic carbocycles. The van der Waals surface area contributed by atoms with Crippen LogP contribution in [0.5, 0.6) is 0 Å². The van der Waals surface area contributed by atoms with Crippen LogP contribution in [-0.2, 0) is 9.47 Å². The van der Waals surface area contributed by atoms with E-state index in [0.29, 0.717) is 22.1 Å². The number of ether oxygens (including phenoxy) is 2. The molecular formula is C7H11IO2. The smallest absolute Gasteiger partial charge is 0.0979 e. The van der Waals surface area contributed by atoms with Gasteiger partial charge in [0.1, 0.15) is 0 Å². The van der Waals surface area contributed by atoms with Gasteiger partial charge in [-0.2, -0.15) is 0 Å². The number of hydrogen-bond donors (Lipinski definition) is 0. The van der Waals surface area contributed by atoms with Crippen molar-refractivity contribution >= 4 is 22.6 Å². The Labute approximate surface area is 74.4 Å². The van der Waals surface area contributed by atoms with Gasteiger partial charge in [0.25, 0.3) is 0 Å². The highest BCUT2D eigenvalue weighted by Gasteiger charge is 2.44. The molecule has 0 aromatic heterocycles. The fraction of sp³-hybridized carbons (Fsp3) is 1.00. The summed E-state index contributed by atoms with van der Waals surface area (Å²) in [6, 6.07) is 0. The molecule has 0 radical (unpaired) electrons. The Kier molecular flexibility index (Phi) is 1.90. The predicted octanol–water partition coefficient (Wildman–Crippen LogP) is 1.22. The fourth-order valence-electron chi connectivity index (χ4n) is 1.64. The van der Waals surface area contributed by atoms with Crippen LogP contribution in [0, 0.1) is 5.92 Å². The zero-order valence-corrected chi connectivity index (χ0v) is 8.08. The lowest BCUT2D eigenvalue weighted by Crippen LogP contribution is -2.24. The van der Waals surface area contributed by atoms with E-state index < -0.39 is 0 Å². The van der Waals surface area contributed by atoms with Crippen molar-refractivity contribution in [1.29, 1.82) is 0 Å². The first kappa shape index (κ1) is 7.31. The van der Waals surface area contributed by atoms with E-state index in [1.807, 2.05) is 0 Å². The van der Waals surface area contributed by atoms with Gasteiger partial charge < -0.3 is 9.47 Å². The van der Waals surface area contributed by atoms with Gasteiger partial charge in [-0.1, -0.05) is 29.5 Å². The highest BCUT2D eigenvalue weighted by Crippen LogP contribution is 2.34. The van der Waals surface area contributed by atoms with E-state index >= 15 is 0 Å². The van der Waals surface area contributed by atoms with Crippen LogP contribution in [-0.4, -0.2) is 29.3 Å². The molecule has 0 aromatic rings. The lowest BCUT2D eigenvalue weighted by molar-refractivity contribution is 0.0661. The van der Waals surface area contributed by atoms with Crippen LogP contribution in [0.4, 0.5) is 0 Å². The first-order valence-electron chi connectivity index (χ1n) is 3.66. The molecule has 4 atom stereocenters. The molecule has 2 rings (SSSR count). The summed E-state index contributed by atoms with van der Waals surface area (Å²) in [6.45, 7) is 3.95.